The predicted octanol–water partition coefficient (Wildman–Crippen LogP) is 12.1. The van der Waals surface area contributed by atoms with E-state index in [0.717, 1.165) is 103 Å². The van der Waals surface area contributed by atoms with Crippen LogP contribution in [0.25, 0.3) is 0 Å². The average Bonchev–Trinajstić information content (AvgIpc) is 3.46. The van der Waals surface area contributed by atoms with Crippen molar-refractivity contribution >= 4 is 30.6 Å². The van der Waals surface area contributed by atoms with Crippen molar-refractivity contribution in [3.63, 3.8) is 0 Å². The van der Waals surface area contributed by atoms with Crippen LogP contribution in [0, 0.1) is 52.8 Å². The van der Waals surface area contributed by atoms with E-state index in [1.54, 1.807) is 0 Å². The summed E-state index contributed by atoms with van der Waals surface area (Å²) in [7, 11) is -3.10. The summed E-state index contributed by atoms with van der Waals surface area (Å²) >= 11 is 0. The van der Waals surface area contributed by atoms with E-state index in [9.17, 15) is 0 Å². The number of esters is 2. The lowest BCUT2D eigenvalue weighted by atomic mass is 9.55. The Balaban J connectivity index is 1.01. The van der Waals surface area contributed by atoms with Crippen molar-refractivity contribution in [2.45, 2.75) is 141 Å². The monoisotopic (exact) mass is 902 g/mol. The highest BCUT2D eigenvalue weighted by Crippen LogP contribution is 2.58. The molecule has 1 atom stereocenters. The molecule has 0 amide bonds. The number of carbonyl (C=O) groups excluding carboxylic acids is 2. The molecule has 0 saturated heterocycles. The normalized spacial score (nSPS) is 33.3. The van der Waals surface area contributed by atoms with E-state index in [2.05, 4.69) is 113 Å². The van der Waals surface area contributed by atoms with Gasteiger partial charge in [-0.15, -0.1) is 0 Å². The van der Waals surface area contributed by atoms with E-state index in [1.807, 2.05) is 30.3 Å². The lowest BCUT2D eigenvalue weighted by Gasteiger charge is -2.54. The molecule has 9 aliphatic rings. The first kappa shape index (κ1) is 43.9. The summed E-state index contributed by atoms with van der Waals surface area (Å²) in [6.45, 7) is 9.53. The number of benzene rings is 4. The van der Waals surface area contributed by atoms with Crippen LogP contribution in [-0.2, 0) is 30.1 Å². The molecule has 13 rings (SSSR count). The topological polar surface area (TPSA) is 71.1 Å². The van der Waals surface area contributed by atoms with Crippen molar-refractivity contribution in [3.05, 3.63) is 138 Å². The van der Waals surface area contributed by atoms with E-state index in [4.69, 9.17) is 18.6 Å². The van der Waals surface area contributed by atoms with Gasteiger partial charge in [0.1, 0.15) is 24.6 Å². The average molecular weight is 903 g/mol. The largest absolute Gasteiger partial charge is 0.537 e. The zero-order chi connectivity index (χ0) is 45.2. The maximum absolute atomic E-state index is 15.8. The summed E-state index contributed by atoms with van der Waals surface area (Å²) in [5, 5.41) is 2.10. The zero-order valence-electron chi connectivity index (χ0n) is 39.7. The number of allylic oxidation sites excluding steroid dienone is 2. The Labute approximate surface area is 394 Å². The van der Waals surface area contributed by atoms with Gasteiger partial charge in [-0.05, 0) is 181 Å². The molecule has 0 N–H and O–H groups in total. The van der Waals surface area contributed by atoms with Gasteiger partial charge in [-0.1, -0.05) is 124 Å². The Morgan fingerprint density at radius 1 is 0.591 bits per heavy atom. The van der Waals surface area contributed by atoms with E-state index >= 15 is 9.59 Å². The number of hydrogen-bond acceptors (Lipinski definition) is 6. The number of carbonyl (C=O) groups is 2. The molecule has 0 heterocycles. The van der Waals surface area contributed by atoms with Crippen molar-refractivity contribution in [2.24, 2.45) is 52.8 Å². The molecule has 0 aliphatic heterocycles. The van der Waals surface area contributed by atoms with Crippen LogP contribution in [0.2, 0.25) is 5.04 Å². The molecule has 9 aliphatic carbocycles. The molecule has 0 unspecified atom stereocenters. The standard InChI is InChI=1S/C59H70O6Si/c1-38-35-59(56(60)63-54-45-26-40-24-41(28-45)29-46(54)27-40,57(61)64-55-47-30-42-25-43(32-47)33-48(55)31-42)36-49(44-20-22-50(23-21-44)62-37-39-14-8-5-9-15-39)34-53(38)65-66(58(2,3)4,51-16-10-6-11-17-51)52-18-12-7-13-19-52/h5-23,40-43,45-49,54-55H,24-37H2,1-4H3/t40?,41?,42?,43?,45?,46?,47?,48?,49-,54?,55?,59?/m0/s1. The molecule has 8 fully saturated rings. The molecular weight excluding hydrogens is 833 g/mol. The summed E-state index contributed by atoms with van der Waals surface area (Å²) < 4.78 is 28.3. The van der Waals surface area contributed by atoms with Gasteiger partial charge >= 0.3 is 20.3 Å². The molecule has 8 saturated carbocycles. The van der Waals surface area contributed by atoms with Crippen molar-refractivity contribution in [1.82, 2.24) is 0 Å². The summed E-state index contributed by atoms with van der Waals surface area (Å²) in [6.07, 6.45) is 12.5. The molecule has 7 heteroatoms. The van der Waals surface area contributed by atoms with Crippen LogP contribution in [0.15, 0.2) is 127 Å². The third-order valence-electron chi connectivity index (χ3n) is 17.9. The molecule has 4 aromatic rings. The Hall–Kier alpha value is -4.62. The Kier molecular flexibility index (Phi) is 11.6. The summed E-state index contributed by atoms with van der Waals surface area (Å²) in [5.74, 6) is 5.15. The SMILES string of the molecule is CC1=C(O[Si](c2ccccc2)(c2ccccc2)C(C)(C)C)C[C@H](c2ccc(OCc3ccccc3)cc2)CC(C(=O)OC2C3CC4CC(C3)CC2C4)(C(=O)OC2C3CC4CC(C3)CC2C4)C1. The van der Waals surface area contributed by atoms with E-state index < -0.39 is 13.7 Å². The fraction of sp³-hybridized carbons (Fsp3) is 0.525. The van der Waals surface area contributed by atoms with Gasteiger partial charge in [-0.25, -0.2) is 0 Å². The molecule has 4 aromatic carbocycles. The minimum absolute atomic E-state index is 0.143. The highest BCUT2D eigenvalue weighted by atomic mass is 28.4. The Morgan fingerprint density at radius 3 is 1.47 bits per heavy atom. The summed E-state index contributed by atoms with van der Waals surface area (Å²) in [6, 6.07) is 40.2. The molecular formula is C59H70O6Si. The van der Waals surface area contributed by atoms with Gasteiger partial charge in [0, 0.05) is 6.42 Å². The molecule has 8 bridgehead atoms. The first-order valence-electron chi connectivity index (χ1n) is 25.6. The van der Waals surface area contributed by atoms with Crippen LogP contribution >= 0.6 is 0 Å². The van der Waals surface area contributed by atoms with Crippen LogP contribution in [0.5, 0.6) is 5.75 Å². The predicted molar refractivity (Wildman–Crippen MR) is 261 cm³/mol. The van der Waals surface area contributed by atoms with Gasteiger partial charge in [0.25, 0.3) is 0 Å². The molecule has 346 valence electrons. The first-order chi connectivity index (χ1) is 31.9. The molecule has 0 aromatic heterocycles. The lowest BCUT2D eigenvalue weighted by Crippen LogP contribution is -2.66. The van der Waals surface area contributed by atoms with Crippen molar-refractivity contribution in [3.8, 4) is 5.75 Å². The minimum Gasteiger partial charge on any atom is -0.537 e. The molecule has 0 radical (unpaired) electrons. The van der Waals surface area contributed by atoms with Crippen LogP contribution in [0.3, 0.4) is 0 Å². The van der Waals surface area contributed by atoms with Crippen LogP contribution in [-0.4, -0.2) is 32.5 Å². The van der Waals surface area contributed by atoms with Crippen LogP contribution in [0.1, 0.15) is 128 Å². The van der Waals surface area contributed by atoms with E-state index in [1.165, 1.54) is 23.2 Å². The highest BCUT2D eigenvalue weighted by Gasteiger charge is 2.59. The van der Waals surface area contributed by atoms with Crippen molar-refractivity contribution in [2.75, 3.05) is 0 Å². The van der Waals surface area contributed by atoms with Crippen LogP contribution < -0.4 is 15.1 Å². The van der Waals surface area contributed by atoms with E-state index in [-0.39, 0.29) is 41.5 Å². The summed E-state index contributed by atoms with van der Waals surface area (Å²) in [5.41, 5.74) is 1.57. The fourth-order valence-electron chi connectivity index (χ4n) is 15.3. The third kappa shape index (κ3) is 8.07. The van der Waals surface area contributed by atoms with Gasteiger partial charge in [0.05, 0.1) is 5.76 Å². The van der Waals surface area contributed by atoms with Crippen molar-refractivity contribution < 1.29 is 28.2 Å². The minimum atomic E-state index is -3.10. The summed E-state index contributed by atoms with van der Waals surface area (Å²) in [4.78, 5) is 31.7. The second-order valence-electron chi connectivity index (χ2n) is 23.3. The Morgan fingerprint density at radius 2 is 1.03 bits per heavy atom. The van der Waals surface area contributed by atoms with Gasteiger partial charge in [0.2, 0.25) is 0 Å². The van der Waals surface area contributed by atoms with Crippen LogP contribution in [0.4, 0.5) is 0 Å². The van der Waals surface area contributed by atoms with E-state index in [0.29, 0.717) is 43.1 Å². The van der Waals surface area contributed by atoms with Crippen molar-refractivity contribution in [1.29, 1.82) is 0 Å². The lowest BCUT2D eigenvalue weighted by molar-refractivity contribution is -0.199. The van der Waals surface area contributed by atoms with Gasteiger partial charge in [-0.3, -0.25) is 9.59 Å². The second kappa shape index (κ2) is 17.5. The highest BCUT2D eigenvalue weighted by molar-refractivity contribution is 6.99. The molecule has 6 nitrogen and oxygen atoms in total. The number of ether oxygens (including phenoxy) is 3. The number of rotatable bonds is 12. The quantitative estimate of drug-likeness (QED) is 0.0801. The maximum Gasteiger partial charge on any atom is 0.324 e. The zero-order valence-corrected chi connectivity index (χ0v) is 40.7. The first-order valence-corrected chi connectivity index (χ1v) is 27.5. The van der Waals surface area contributed by atoms with Gasteiger partial charge in [-0.2, -0.15) is 0 Å². The van der Waals surface area contributed by atoms with Gasteiger partial charge in [0.15, 0.2) is 5.41 Å². The maximum atomic E-state index is 15.8. The second-order valence-corrected chi connectivity index (χ2v) is 27.5. The van der Waals surface area contributed by atoms with Gasteiger partial charge < -0.3 is 18.6 Å². The third-order valence-corrected chi connectivity index (χ3v) is 22.9. The molecule has 0 spiro atoms. The Bertz CT molecular complexity index is 2250. The smallest absolute Gasteiger partial charge is 0.324 e. The fourth-order valence-corrected chi connectivity index (χ4v) is 19.9. The molecule has 66 heavy (non-hydrogen) atoms. The number of hydrogen-bond donors (Lipinski definition) is 0.